The van der Waals surface area contributed by atoms with Crippen molar-refractivity contribution >= 4 is 40.3 Å². The van der Waals surface area contributed by atoms with E-state index in [1.807, 2.05) is 26.0 Å². The zero-order valence-electron chi connectivity index (χ0n) is 32.2. The molecule has 0 aliphatic rings. The molecule has 0 saturated heterocycles. The molecule has 0 fully saturated rings. The maximum atomic E-state index is 13.3. The Bertz CT molecular complexity index is 2370. The van der Waals surface area contributed by atoms with E-state index in [1.54, 1.807) is 0 Å². The quantitative estimate of drug-likeness (QED) is 0.0340. The molecule has 4 aromatic rings. The van der Waals surface area contributed by atoms with Gasteiger partial charge in [-0.25, -0.2) is 4.79 Å². The van der Waals surface area contributed by atoms with Crippen LogP contribution in [0.5, 0.6) is 23.3 Å². The van der Waals surface area contributed by atoms with Gasteiger partial charge in [-0.1, -0.05) is 26.7 Å². The Balaban J connectivity index is 1.78. The number of aromatic nitrogens is 2. The van der Waals surface area contributed by atoms with E-state index in [-0.39, 0.29) is 81.4 Å². The Labute approximate surface area is 329 Å². The average Bonchev–Trinajstić information content (AvgIpc) is 3.20. The zero-order chi connectivity index (χ0) is 42.7. The lowest BCUT2D eigenvalue weighted by atomic mass is 10.1. The SMILES string of the molecule is CCCCn1c(OC)c(N=Nc2cc([N+](=O)[O-])ccc2OC(=O)Oc2ccc([N+](=O)[O-])cc2N=Nc2c(C)c(C#N)c(=O)n(CCCC)c2OC)c(C)c(C#N)c1=O. The summed E-state index contributed by atoms with van der Waals surface area (Å²) in [7, 11) is 2.58. The molecule has 21 nitrogen and oxygen atoms in total. The lowest BCUT2D eigenvalue weighted by molar-refractivity contribution is -0.385. The largest absolute Gasteiger partial charge is 0.519 e. The summed E-state index contributed by atoms with van der Waals surface area (Å²) in [5, 5.41) is 59.3. The molecule has 300 valence electrons. The molecule has 2 heterocycles. The minimum atomic E-state index is -1.45. The van der Waals surface area contributed by atoms with Crippen molar-refractivity contribution in [3.05, 3.63) is 99.6 Å². The number of methoxy groups -OCH3 is 2. The summed E-state index contributed by atoms with van der Waals surface area (Å²) in [5.74, 6) is -0.830. The molecule has 21 heteroatoms. The summed E-state index contributed by atoms with van der Waals surface area (Å²) in [6.07, 6.45) is 1.10. The number of nitro groups is 2. The molecule has 0 saturated carbocycles. The number of nitrogens with zero attached hydrogens (tertiary/aromatic N) is 10. The van der Waals surface area contributed by atoms with Crippen molar-refractivity contribution in [1.29, 1.82) is 10.5 Å². The normalized spacial score (nSPS) is 11.0. The van der Waals surface area contributed by atoms with Crippen LogP contribution >= 0.6 is 0 Å². The number of carbonyl (C=O) groups is 1. The Morgan fingerprint density at radius 2 is 1.09 bits per heavy atom. The second-order valence-electron chi connectivity index (χ2n) is 12.2. The molecule has 0 aliphatic carbocycles. The molecule has 2 aromatic carbocycles. The van der Waals surface area contributed by atoms with E-state index < -0.39 is 38.5 Å². The summed E-state index contributed by atoms with van der Waals surface area (Å²) in [5.41, 5.74) is -3.13. The van der Waals surface area contributed by atoms with Crippen molar-refractivity contribution in [3.63, 3.8) is 0 Å². The summed E-state index contributed by atoms with van der Waals surface area (Å²) in [6, 6.07) is 9.75. The van der Waals surface area contributed by atoms with Gasteiger partial charge in [0.05, 0.1) is 24.1 Å². The second-order valence-corrected chi connectivity index (χ2v) is 12.2. The highest BCUT2D eigenvalue weighted by molar-refractivity contribution is 5.73. The molecule has 0 radical (unpaired) electrons. The Morgan fingerprint density at radius 3 is 1.40 bits per heavy atom. The number of carbonyl (C=O) groups excluding carboxylic acids is 1. The van der Waals surface area contributed by atoms with E-state index in [0.717, 1.165) is 36.4 Å². The highest BCUT2D eigenvalue weighted by Crippen LogP contribution is 2.39. The lowest BCUT2D eigenvalue weighted by Gasteiger charge is -2.16. The number of hydrogen-bond acceptors (Lipinski definition) is 17. The Kier molecular flexibility index (Phi) is 14.2. The van der Waals surface area contributed by atoms with Crippen molar-refractivity contribution < 1.29 is 33.6 Å². The third-order valence-corrected chi connectivity index (χ3v) is 8.56. The van der Waals surface area contributed by atoms with E-state index in [1.165, 1.54) is 37.2 Å². The fourth-order valence-corrected chi connectivity index (χ4v) is 5.52. The van der Waals surface area contributed by atoms with Crippen LogP contribution in [0.3, 0.4) is 0 Å². The van der Waals surface area contributed by atoms with Crippen molar-refractivity contribution in [2.75, 3.05) is 14.2 Å². The molecule has 0 bridgehead atoms. The Morgan fingerprint density at radius 1 is 0.707 bits per heavy atom. The van der Waals surface area contributed by atoms with Crippen LogP contribution in [0, 0.1) is 56.7 Å². The third kappa shape index (κ3) is 9.17. The van der Waals surface area contributed by atoms with E-state index in [0.29, 0.717) is 25.7 Å². The van der Waals surface area contributed by atoms with Crippen LogP contribution in [0.15, 0.2) is 66.4 Å². The first kappa shape index (κ1) is 42.9. The van der Waals surface area contributed by atoms with Gasteiger partial charge in [-0.2, -0.15) is 10.5 Å². The van der Waals surface area contributed by atoms with Crippen LogP contribution in [0.1, 0.15) is 61.8 Å². The molecule has 0 aliphatic heterocycles. The summed E-state index contributed by atoms with van der Waals surface area (Å²) >= 11 is 0. The molecule has 2 aromatic heterocycles. The molecule has 0 spiro atoms. The van der Waals surface area contributed by atoms with E-state index in [9.17, 15) is 45.1 Å². The number of unbranched alkanes of at least 4 members (excludes halogenated alkanes) is 2. The van der Waals surface area contributed by atoms with Gasteiger partial charge in [0.15, 0.2) is 22.9 Å². The van der Waals surface area contributed by atoms with Crippen molar-refractivity contribution in [2.24, 2.45) is 20.5 Å². The van der Waals surface area contributed by atoms with Crippen LogP contribution in [-0.4, -0.2) is 39.4 Å². The van der Waals surface area contributed by atoms with Gasteiger partial charge in [-0.15, -0.1) is 20.5 Å². The van der Waals surface area contributed by atoms with Gasteiger partial charge in [-0.05, 0) is 38.8 Å². The van der Waals surface area contributed by atoms with Crippen LogP contribution in [-0.2, 0) is 13.1 Å². The summed E-state index contributed by atoms with van der Waals surface area (Å²) in [6.45, 7) is 7.09. The molecular weight excluding hydrogens is 760 g/mol. The number of nitriles is 2. The van der Waals surface area contributed by atoms with Crippen molar-refractivity contribution in [1.82, 2.24) is 9.13 Å². The predicted octanol–water partition coefficient (Wildman–Crippen LogP) is 8.21. The number of ether oxygens (including phenoxy) is 4. The van der Waals surface area contributed by atoms with E-state index in [4.69, 9.17) is 18.9 Å². The molecule has 58 heavy (non-hydrogen) atoms. The van der Waals surface area contributed by atoms with Crippen LogP contribution in [0.2, 0.25) is 0 Å². The molecule has 0 unspecified atom stereocenters. The number of nitro benzene ring substituents is 2. The zero-order valence-corrected chi connectivity index (χ0v) is 32.2. The molecule has 0 atom stereocenters. The highest BCUT2D eigenvalue weighted by Gasteiger charge is 2.24. The minimum absolute atomic E-state index is 0.0257. The number of non-ortho nitro benzene ring substituents is 2. The standard InChI is InChI=1S/C37H36N10O11/c1-7-9-15-44-33(48)25(19-38)21(3)31(35(44)55-5)42-40-27-17-23(46(51)52)11-13-29(27)57-37(50)58-30-14-12-24(47(53)54)18-28(30)41-43-32-22(4)26(20-39)34(49)45(16-10-8-2)36(32)56-6/h11-14,17-18H,7-10,15-16H2,1-6H3. The lowest BCUT2D eigenvalue weighted by Crippen LogP contribution is -2.25. The number of azo groups is 2. The predicted molar refractivity (Wildman–Crippen MR) is 204 cm³/mol. The van der Waals surface area contributed by atoms with Crippen LogP contribution in [0.25, 0.3) is 0 Å². The number of benzene rings is 2. The molecule has 0 amide bonds. The maximum Gasteiger partial charge on any atom is 0.519 e. The monoisotopic (exact) mass is 796 g/mol. The maximum absolute atomic E-state index is 13.3. The van der Waals surface area contributed by atoms with E-state index >= 15 is 0 Å². The van der Waals surface area contributed by atoms with Gasteiger partial charge in [-0.3, -0.25) is 39.0 Å². The number of rotatable bonds is 16. The number of pyridine rings is 2. The van der Waals surface area contributed by atoms with Crippen molar-refractivity contribution in [2.45, 2.75) is 66.5 Å². The minimum Gasteiger partial charge on any atom is -0.481 e. The average molecular weight is 797 g/mol. The van der Waals surface area contributed by atoms with E-state index in [2.05, 4.69) is 20.5 Å². The summed E-state index contributed by atoms with van der Waals surface area (Å²) < 4.78 is 24.2. The highest BCUT2D eigenvalue weighted by atomic mass is 16.7. The van der Waals surface area contributed by atoms with Gasteiger partial charge in [0.1, 0.15) is 34.6 Å². The number of hydrogen-bond donors (Lipinski definition) is 0. The first-order chi connectivity index (χ1) is 27.8. The Hall–Kier alpha value is -7.81. The molecule has 4 rings (SSSR count). The molecular formula is C37H36N10O11. The first-order valence-electron chi connectivity index (χ1n) is 17.5. The third-order valence-electron chi connectivity index (χ3n) is 8.56. The smallest absolute Gasteiger partial charge is 0.481 e. The van der Waals surface area contributed by atoms with Crippen molar-refractivity contribution in [3.8, 4) is 35.4 Å². The molecule has 0 N–H and O–H groups in total. The van der Waals surface area contributed by atoms with Gasteiger partial charge in [0.25, 0.3) is 22.5 Å². The topological polar surface area (TPSA) is 281 Å². The van der Waals surface area contributed by atoms with Gasteiger partial charge in [0.2, 0.25) is 11.8 Å². The summed E-state index contributed by atoms with van der Waals surface area (Å²) in [4.78, 5) is 61.3. The fourth-order valence-electron chi connectivity index (χ4n) is 5.52. The van der Waals surface area contributed by atoms with Gasteiger partial charge >= 0.3 is 6.16 Å². The fraction of sp³-hybridized carbons (Fsp3) is 0.324. The first-order valence-corrected chi connectivity index (χ1v) is 17.5. The van der Waals surface area contributed by atoms with Crippen LogP contribution in [0.4, 0.5) is 38.9 Å². The van der Waals surface area contributed by atoms with Gasteiger partial charge in [0, 0.05) is 48.5 Å². The second kappa shape index (κ2) is 19.2. The van der Waals surface area contributed by atoms with Gasteiger partial charge < -0.3 is 18.9 Å². The van der Waals surface area contributed by atoms with Crippen LogP contribution < -0.4 is 30.1 Å².